The summed E-state index contributed by atoms with van der Waals surface area (Å²) in [6, 6.07) is 12.4. The highest BCUT2D eigenvalue weighted by molar-refractivity contribution is 6.30. The van der Waals surface area contributed by atoms with Crippen LogP contribution in [-0.2, 0) is 0 Å². The van der Waals surface area contributed by atoms with Crippen LogP contribution >= 0.6 is 11.6 Å². The Morgan fingerprint density at radius 2 is 1.81 bits per heavy atom. The van der Waals surface area contributed by atoms with Gasteiger partial charge in [-0.05, 0) is 62.6 Å². The molecule has 0 radical (unpaired) electrons. The third kappa shape index (κ3) is 5.11. The predicted molar refractivity (Wildman–Crippen MR) is 145 cm³/mol. The molecule has 1 amide bonds. The summed E-state index contributed by atoms with van der Waals surface area (Å²) in [5, 5.41) is 8.76. The number of amides is 1. The number of carbonyl (C=O) groups excluding carboxylic acids is 1. The lowest BCUT2D eigenvalue weighted by molar-refractivity contribution is 0.0491. The maximum absolute atomic E-state index is 12.9. The smallest absolute Gasteiger partial charge is 0.253 e. The molecule has 190 valence electrons. The normalized spacial score (nSPS) is 21.5. The zero-order valence-electron chi connectivity index (χ0n) is 21.0. The maximum Gasteiger partial charge on any atom is 0.253 e. The molecule has 36 heavy (non-hydrogen) atoms. The zero-order chi connectivity index (χ0) is 25.2. The van der Waals surface area contributed by atoms with Crippen LogP contribution in [0.1, 0.15) is 54.4 Å². The van der Waals surface area contributed by atoms with Crippen LogP contribution in [0.5, 0.6) is 0 Å². The van der Waals surface area contributed by atoms with E-state index in [1.807, 2.05) is 23.1 Å². The number of likely N-dealkylation sites (tertiary alicyclic amines) is 1. The number of halogens is 1. The Labute approximate surface area is 217 Å². The number of piperidine rings is 1. The van der Waals surface area contributed by atoms with Gasteiger partial charge in [0.05, 0.1) is 29.2 Å². The van der Waals surface area contributed by atoms with Crippen LogP contribution in [0.3, 0.4) is 0 Å². The first-order chi connectivity index (χ1) is 17.4. The van der Waals surface area contributed by atoms with Gasteiger partial charge in [0.1, 0.15) is 5.84 Å². The van der Waals surface area contributed by atoms with E-state index in [9.17, 15) is 4.79 Å². The van der Waals surface area contributed by atoms with Crippen molar-refractivity contribution in [3.05, 3.63) is 58.4 Å². The number of pyridine rings is 1. The number of rotatable bonds is 5. The lowest BCUT2D eigenvalue weighted by atomic mass is 9.97. The van der Waals surface area contributed by atoms with E-state index in [-0.39, 0.29) is 5.91 Å². The van der Waals surface area contributed by atoms with E-state index in [2.05, 4.69) is 39.9 Å². The minimum atomic E-state index is 0.103. The van der Waals surface area contributed by atoms with Crippen LogP contribution in [-0.4, -0.2) is 77.0 Å². The van der Waals surface area contributed by atoms with Gasteiger partial charge in [-0.3, -0.25) is 9.69 Å². The zero-order valence-corrected chi connectivity index (χ0v) is 21.8. The molecular weight excluding hydrogens is 474 g/mol. The Bertz CT molecular complexity index is 1170. The number of nitrogens with two attached hydrogens (primary N) is 1. The Hall–Kier alpha value is -2.97. The monoisotopic (exact) mass is 507 g/mol. The van der Waals surface area contributed by atoms with E-state index in [0.717, 1.165) is 69.1 Å². The number of aryl methyl sites for hydroxylation is 1. The first-order valence-corrected chi connectivity index (χ1v) is 13.2. The number of piperazine rings is 1. The number of amidine groups is 1. The molecule has 1 unspecified atom stereocenters. The molecule has 2 saturated heterocycles. The average molecular weight is 508 g/mol. The first kappa shape index (κ1) is 24.7. The van der Waals surface area contributed by atoms with Gasteiger partial charge in [0, 0.05) is 55.4 Å². The molecule has 4 heterocycles. The lowest BCUT2D eigenvalue weighted by Gasteiger charge is -2.48. The van der Waals surface area contributed by atoms with E-state index < -0.39 is 0 Å². The fraction of sp³-hybridized carbons (Fsp3) is 0.481. The van der Waals surface area contributed by atoms with Crippen LogP contribution in [0, 0.1) is 6.92 Å². The van der Waals surface area contributed by atoms with Crippen molar-refractivity contribution in [3.8, 4) is 0 Å². The summed E-state index contributed by atoms with van der Waals surface area (Å²) >= 11 is 5.98. The van der Waals surface area contributed by atoms with Crippen molar-refractivity contribution in [3.63, 3.8) is 0 Å². The Morgan fingerprint density at radius 1 is 1.06 bits per heavy atom. The molecule has 2 fully saturated rings. The number of hydrogen-bond acceptors (Lipinski definition) is 7. The highest BCUT2D eigenvalue weighted by Gasteiger charge is 2.34. The molecule has 9 heteroatoms. The van der Waals surface area contributed by atoms with E-state index in [1.54, 1.807) is 12.1 Å². The molecule has 0 spiro atoms. The molecule has 0 saturated carbocycles. The first-order valence-electron chi connectivity index (χ1n) is 12.9. The van der Waals surface area contributed by atoms with E-state index in [1.165, 1.54) is 5.69 Å². The molecule has 1 aromatic carbocycles. The molecule has 3 aliphatic heterocycles. The number of aromatic nitrogens is 1. The van der Waals surface area contributed by atoms with Crippen molar-refractivity contribution in [1.82, 2.24) is 14.8 Å². The largest absolute Gasteiger partial charge is 0.385 e. The van der Waals surface area contributed by atoms with Crippen LogP contribution < -0.4 is 10.6 Å². The average Bonchev–Trinajstić information content (AvgIpc) is 3.34. The molecule has 2 aromatic rings. The van der Waals surface area contributed by atoms with Gasteiger partial charge in [-0.1, -0.05) is 18.5 Å². The summed E-state index contributed by atoms with van der Waals surface area (Å²) in [5.41, 5.74) is 10.4. The SMILES string of the molecule is CCC1CN(c2ccc(C3=NN=C(N)C3)nc2C)CCN1C1CCN(C(=O)c2ccc(Cl)cc2)CC1. The van der Waals surface area contributed by atoms with Crippen LogP contribution in [0.4, 0.5) is 5.69 Å². The summed E-state index contributed by atoms with van der Waals surface area (Å²) in [4.78, 5) is 24.9. The lowest BCUT2D eigenvalue weighted by Crippen LogP contribution is -2.58. The molecule has 3 aliphatic rings. The molecule has 0 bridgehead atoms. The number of hydrogen-bond donors (Lipinski definition) is 1. The fourth-order valence-corrected chi connectivity index (χ4v) is 5.79. The van der Waals surface area contributed by atoms with Gasteiger partial charge in [0.2, 0.25) is 0 Å². The molecule has 1 aromatic heterocycles. The van der Waals surface area contributed by atoms with E-state index >= 15 is 0 Å². The second kappa shape index (κ2) is 10.6. The van der Waals surface area contributed by atoms with Gasteiger partial charge in [-0.15, -0.1) is 5.10 Å². The van der Waals surface area contributed by atoms with Crippen molar-refractivity contribution in [2.45, 2.75) is 51.6 Å². The van der Waals surface area contributed by atoms with Gasteiger partial charge in [-0.25, -0.2) is 4.98 Å². The highest BCUT2D eigenvalue weighted by Crippen LogP contribution is 2.28. The standard InChI is InChI=1S/C27H34ClN7O/c1-3-21-17-34(25-9-8-23(30-18(25)2)24-16-26(29)32-31-24)14-15-35(21)22-10-12-33(13-11-22)27(36)19-4-6-20(28)7-5-19/h4-9,21-22H,3,10-17H2,1-2H3,(H2,29,32). The second-order valence-corrected chi connectivity index (χ2v) is 10.3. The molecule has 8 nitrogen and oxygen atoms in total. The Morgan fingerprint density at radius 3 is 2.44 bits per heavy atom. The molecule has 0 aliphatic carbocycles. The summed E-state index contributed by atoms with van der Waals surface area (Å²) < 4.78 is 0. The molecule has 2 N–H and O–H groups in total. The Balaban J connectivity index is 1.19. The van der Waals surface area contributed by atoms with Crippen molar-refractivity contribution in [2.75, 3.05) is 37.6 Å². The second-order valence-electron chi connectivity index (χ2n) is 9.89. The van der Waals surface area contributed by atoms with Gasteiger partial charge in [0.15, 0.2) is 0 Å². The van der Waals surface area contributed by atoms with Gasteiger partial charge in [-0.2, -0.15) is 5.10 Å². The minimum Gasteiger partial charge on any atom is -0.385 e. The predicted octanol–water partition coefficient (Wildman–Crippen LogP) is 3.71. The number of nitrogens with zero attached hydrogens (tertiary/aromatic N) is 6. The summed E-state index contributed by atoms with van der Waals surface area (Å²) in [6.07, 6.45) is 3.68. The Kier molecular flexibility index (Phi) is 7.25. The number of benzene rings is 1. The topological polar surface area (TPSA) is 90.4 Å². The fourth-order valence-electron chi connectivity index (χ4n) is 5.67. The van der Waals surface area contributed by atoms with Gasteiger partial charge >= 0.3 is 0 Å². The van der Waals surface area contributed by atoms with Crippen molar-refractivity contribution in [1.29, 1.82) is 0 Å². The molecule has 1 atom stereocenters. The highest BCUT2D eigenvalue weighted by atomic mass is 35.5. The third-order valence-corrected chi connectivity index (χ3v) is 7.91. The van der Waals surface area contributed by atoms with Crippen molar-refractivity contribution in [2.24, 2.45) is 15.9 Å². The maximum atomic E-state index is 12.9. The summed E-state index contributed by atoms with van der Waals surface area (Å²) in [5.74, 6) is 0.641. The third-order valence-electron chi connectivity index (χ3n) is 7.65. The molecular formula is C27H34ClN7O. The van der Waals surface area contributed by atoms with Gasteiger partial charge in [0.25, 0.3) is 5.91 Å². The summed E-state index contributed by atoms with van der Waals surface area (Å²) in [7, 11) is 0. The van der Waals surface area contributed by atoms with Crippen LogP contribution in [0.15, 0.2) is 46.6 Å². The van der Waals surface area contributed by atoms with E-state index in [4.69, 9.17) is 22.3 Å². The quantitative estimate of drug-likeness (QED) is 0.666. The van der Waals surface area contributed by atoms with Crippen molar-refractivity contribution < 1.29 is 4.79 Å². The number of anilines is 1. The van der Waals surface area contributed by atoms with Gasteiger partial charge < -0.3 is 15.5 Å². The molecule has 5 rings (SSSR count). The van der Waals surface area contributed by atoms with E-state index in [0.29, 0.717) is 34.9 Å². The number of carbonyl (C=O) groups is 1. The van der Waals surface area contributed by atoms with Crippen LogP contribution in [0.2, 0.25) is 5.02 Å². The minimum absolute atomic E-state index is 0.103. The van der Waals surface area contributed by atoms with Crippen LogP contribution in [0.25, 0.3) is 0 Å². The van der Waals surface area contributed by atoms with Crippen molar-refractivity contribution >= 4 is 34.7 Å². The summed E-state index contributed by atoms with van der Waals surface area (Å²) in [6.45, 7) is 8.92.